The predicted octanol–water partition coefficient (Wildman–Crippen LogP) is 7.57. The maximum absolute atomic E-state index is 13.3. The summed E-state index contributed by atoms with van der Waals surface area (Å²) in [7, 11) is -9.34. The molecule has 0 unspecified atom stereocenters. The van der Waals surface area contributed by atoms with Gasteiger partial charge in [0.1, 0.15) is 0 Å². The highest BCUT2D eigenvalue weighted by molar-refractivity contribution is 6.74. The summed E-state index contributed by atoms with van der Waals surface area (Å²) < 4.78 is 207. The van der Waals surface area contributed by atoms with Crippen molar-refractivity contribution in [3.8, 4) is 0 Å². The zero-order valence-corrected chi connectivity index (χ0v) is 31.6. The van der Waals surface area contributed by atoms with Crippen molar-refractivity contribution >= 4 is 36.8 Å². The molecule has 0 aliphatic carbocycles. The number of hydrogen-bond donors (Lipinski definition) is 3. The minimum Gasteiger partial charge on any atom is -0.415 e. The van der Waals surface area contributed by atoms with Crippen molar-refractivity contribution in [2.45, 2.75) is 174 Å². The first-order valence-electron chi connectivity index (χ1n) is 25.7. The van der Waals surface area contributed by atoms with E-state index in [2.05, 4.69) is 0 Å². The van der Waals surface area contributed by atoms with Gasteiger partial charge in [-0.3, -0.25) is 9.59 Å². The Morgan fingerprint density at radius 2 is 0.930 bits per heavy atom. The molecule has 0 heterocycles. The van der Waals surface area contributed by atoms with Gasteiger partial charge in [0, 0.05) is 34.5 Å². The van der Waals surface area contributed by atoms with Gasteiger partial charge in [-0.1, -0.05) is 82.9 Å². The van der Waals surface area contributed by atoms with Crippen LogP contribution in [0.3, 0.4) is 0 Å². The Hall–Kier alpha value is -0.569. The summed E-state index contributed by atoms with van der Waals surface area (Å²) in [4.78, 5) is 26.5. The Morgan fingerprint density at radius 3 is 1.19 bits per heavy atom. The van der Waals surface area contributed by atoms with Gasteiger partial charge >= 0.3 is 11.8 Å². The highest BCUT2D eigenvalue weighted by Crippen LogP contribution is 2.38. The Bertz CT molecular complexity index is 1660. The lowest BCUT2D eigenvalue weighted by Gasteiger charge is -2.37. The monoisotopic (exact) mass is 688 g/mol. The molecule has 0 aromatic carbocycles. The van der Waals surface area contributed by atoms with E-state index in [0.717, 1.165) is 0 Å². The van der Waals surface area contributed by atoms with Gasteiger partial charge in [-0.2, -0.15) is 0 Å². The van der Waals surface area contributed by atoms with Crippen LogP contribution in [0.5, 0.6) is 0 Å². The molecule has 2 amide bonds. The molecule has 258 valence electrons. The van der Waals surface area contributed by atoms with E-state index in [-0.39, 0.29) is 0 Å². The number of carbonyl (C=O) groups is 2. The minimum absolute atomic E-state index is 0.400. The molecule has 0 saturated heterocycles. The van der Waals surface area contributed by atoms with E-state index in [1.54, 1.807) is 54.6 Å². The fourth-order valence-corrected chi connectivity index (χ4v) is 3.53. The molecule has 8 nitrogen and oxygen atoms in total. The van der Waals surface area contributed by atoms with Crippen LogP contribution in [-0.2, 0) is 22.9 Å². The van der Waals surface area contributed by atoms with Crippen molar-refractivity contribution in [3.63, 3.8) is 0 Å². The molecule has 0 spiro atoms. The SMILES string of the molecule is [2H]C([2H])([2H])C([2H])([2H])[C@]([2H])(N)C([2H])([2H])O[Si](C)(C)C(C)(C)C.[2H]C([2H])([2H])C([2H])([2H])[C@]([2H])(NC(=O)C(=O)N[C@]([2H])(C([2H])([2H])O[Si](C)(C)C(C)(C)C)C([2H])([2H])C([2H])([2H])[2H])C([2H])([2H])O[Si](C)(C)C(C)(C)C. The third kappa shape index (κ3) is 16.5. The second kappa shape index (κ2) is 17.9. The number of carbonyl (C=O) groups excluding carboxylic acids is 2. The molecule has 4 N–H and O–H groups in total. The maximum atomic E-state index is 13.3. The smallest absolute Gasteiger partial charge is 0.309 e. The van der Waals surface area contributed by atoms with Crippen LogP contribution in [0.15, 0.2) is 0 Å². The highest BCUT2D eigenvalue weighted by Gasteiger charge is 2.39. The van der Waals surface area contributed by atoms with Crippen LogP contribution in [0, 0.1) is 0 Å². The molecule has 0 fully saturated rings. The third-order valence-corrected chi connectivity index (χ3v) is 20.4. The molecular formula is C32H73N3O5Si3. The number of nitrogens with two attached hydrogens (primary N) is 1. The van der Waals surface area contributed by atoms with E-state index in [1.165, 1.54) is 36.8 Å². The lowest BCUT2D eigenvalue weighted by atomic mass is 10.2. The minimum atomic E-state index is -3.98. The Labute approximate surface area is 303 Å². The molecule has 11 heteroatoms. The molecule has 0 radical (unpaired) electrons. The largest absolute Gasteiger partial charge is 0.415 e. The summed E-state index contributed by atoms with van der Waals surface area (Å²) in [6, 6.07) is -10.9. The lowest BCUT2D eigenvalue weighted by Crippen LogP contribution is -2.52. The third-order valence-electron chi connectivity index (χ3n) is 7.72. The summed E-state index contributed by atoms with van der Waals surface area (Å²) in [6.45, 7) is 3.68. The maximum Gasteiger partial charge on any atom is 0.309 e. The first kappa shape index (κ1) is 17.5. The fraction of sp³-hybridized carbons (Fsp3) is 0.938. The first-order valence-corrected chi connectivity index (χ1v) is 22.4. The van der Waals surface area contributed by atoms with Crippen LogP contribution >= 0.6 is 0 Å². The van der Waals surface area contributed by atoms with Crippen LogP contribution in [0.4, 0.5) is 0 Å². The Kier molecular flexibility index (Phi) is 7.32. The van der Waals surface area contributed by atoms with E-state index in [4.69, 9.17) is 51.9 Å². The van der Waals surface area contributed by atoms with Crippen molar-refractivity contribution in [1.29, 1.82) is 0 Å². The van der Waals surface area contributed by atoms with Crippen LogP contribution < -0.4 is 16.4 Å². The van der Waals surface area contributed by atoms with E-state index in [1.807, 2.05) is 20.8 Å². The molecule has 3 atom stereocenters. The zero-order valence-electron chi connectivity index (χ0n) is 52.6. The topological polar surface area (TPSA) is 112 Å². The molecule has 43 heavy (non-hydrogen) atoms. The molecule has 0 bridgehead atoms. The normalized spacial score (nSPS) is 28.9. The summed E-state index contributed by atoms with van der Waals surface area (Å²) >= 11 is 0. The van der Waals surface area contributed by atoms with E-state index in [0.29, 0.717) is 0 Å². The van der Waals surface area contributed by atoms with Crippen LogP contribution in [0.25, 0.3) is 0 Å². The van der Waals surface area contributed by atoms with Crippen LogP contribution in [0.1, 0.15) is 135 Å². The lowest BCUT2D eigenvalue weighted by molar-refractivity contribution is -0.140. The summed E-state index contributed by atoms with van der Waals surface area (Å²) in [5.74, 6) is -4.43. The summed E-state index contributed by atoms with van der Waals surface area (Å²) in [5, 5.41) is 0.824. The molecule has 0 saturated carbocycles. The van der Waals surface area contributed by atoms with Crippen molar-refractivity contribution in [2.75, 3.05) is 19.7 Å². The van der Waals surface area contributed by atoms with Gasteiger partial charge in [0.15, 0.2) is 25.0 Å². The van der Waals surface area contributed by atoms with Gasteiger partial charge in [-0.15, -0.1) is 0 Å². The highest BCUT2D eigenvalue weighted by atomic mass is 28.4. The summed E-state index contributed by atoms with van der Waals surface area (Å²) in [6.07, 6.45) is -11.2. The van der Waals surface area contributed by atoms with Crippen molar-refractivity contribution in [3.05, 3.63) is 0 Å². The standard InChI is InChI=1S/C22H48N2O4Si2.C10H25NOSi/c1-13-17(15-27-29(9,10)21(3,4)5)23-19(25)20(26)24-18(14-2)16-28-30(11,12)22(6,7)8;1-7-9(11)8-12-13(5,6)10(2,3)4/h17-18H,13-16H2,1-12H3,(H,23,25)(H,24,26);9H,7-8,11H2,1-6H3/t17-,18-;9-/m00/s1/i1D3,2D3,13D2,14D2,15D2,16D2,17D,18D;1D3,7D2,8D2,9D. The van der Waals surface area contributed by atoms with Crippen molar-refractivity contribution < 1.29 is 55.8 Å². The quantitative estimate of drug-likeness (QED) is 0.128. The van der Waals surface area contributed by atoms with Gasteiger partial charge in [-0.05, 0) is 73.5 Å². The second-order valence-electron chi connectivity index (χ2n) is 14.3. The molecular weight excluding hydrogens is 591 g/mol. The first-order chi connectivity index (χ1) is 28.1. The zero-order chi connectivity index (χ0) is 55.7. The molecule has 0 rings (SSSR count). The summed E-state index contributed by atoms with van der Waals surface area (Å²) in [5.41, 5.74) is 5.46. The van der Waals surface area contributed by atoms with Gasteiger partial charge < -0.3 is 29.6 Å². The number of nitrogens with one attached hydrogen (secondary N) is 2. The van der Waals surface area contributed by atoms with Crippen molar-refractivity contribution in [2.24, 2.45) is 5.73 Å². The van der Waals surface area contributed by atoms with Gasteiger partial charge in [0.25, 0.3) is 0 Å². The fourth-order valence-electron chi connectivity index (χ4n) is 1.53. The Balaban J connectivity index is 0. The Morgan fingerprint density at radius 1 is 0.651 bits per heavy atom. The van der Waals surface area contributed by atoms with Gasteiger partial charge in [0.05, 0.1) is 36.1 Å². The number of hydrogen-bond acceptors (Lipinski definition) is 6. The number of amides is 2. The molecule has 0 aliphatic heterocycles. The molecule has 0 aromatic heterocycles. The average Bonchev–Trinajstić information content (AvgIpc) is 2.99. The van der Waals surface area contributed by atoms with Crippen LogP contribution in [-0.4, -0.2) is 74.5 Å². The van der Waals surface area contributed by atoms with Gasteiger partial charge in [0.2, 0.25) is 0 Å². The van der Waals surface area contributed by atoms with Crippen LogP contribution in [0.2, 0.25) is 54.4 Å². The van der Waals surface area contributed by atoms with E-state index in [9.17, 15) is 9.59 Å². The predicted molar refractivity (Wildman–Crippen MR) is 192 cm³/mol. The van der Waals surface area contributed by atoms with Crippen molar-refractivity contribution in [1.82, 2.24) is 10.6 Å². The van der Waals surface area contributed by atoms with E-state index < -0.39 is 129 Å². The van der Waals surface area contributed by atoms with E-state index >= 15 is 0 Å². The number of rotatable bonds is 14. The second-order valence-corrected chi connectivity index (χ2v) is 28.5. The average molecular weight is 688 g/mol. The molecule has 0 aromatic rings. The van der Waals surface area contributed by atoms with Gasteiger partial charge in [-0.25, -0.2) is 0 Å². The molecule has 0 aliphatic rings.